The number of hydrogen-bond acceptors (Lipinski definition) is 4. The van der Waals surface area contributed by atoms with Crippen LogP contribution in [0.25, 0.3) is 0 Å². The first-order valence-electron chi connectivity index (χ1n) is 6.30. The van der Waals surface area contributed by atoms with Crippen molar-refractivity contribution in [2.75, 3.05) is 25.1 Å². The van der Waals surface area contributed by atoms with Crippen LogP contribution in [-0.4, -0.2) is 26.3 Å². The lowest BCUT2D eigenvalue weighted by atomic mass is 10.1. The number of carbonyl (C=O) groups excluding carboxylic acids is 1. The minimum Gasteiger partial charge on any atom is -0.497 e. The van der Waals surface area contributed by atoms with Crippen molar-refractivity contribution >= 4 is 11.8 Å². The van der Waals surface area contributed by atoms with Crippen LogP contribution in [0.15, 0.2) is 23.2 Å². The van der Waals surface area contributed by atoms with E-state index in [-0.39, 0.29) is 0 Å². The van der Waals surface area contributed by atoms with Gasteiger partial charge in [-0.25, -0.2) is 9.79 Å². The molecule has 4 nitrogen and oxygen atoms in total. The van der Waals surface area contributed by atoms with Crippen molar-refractivity contribution in [2.45, 2.75) is 25.8 Å². The summed E-state index contributed by atoms with van der Waals surface area (Å²) < 4.78 is 5.22. The van der Waals surface area contributed by atoms with Gasteiger partial charge in [-0.2, -0.15) is 0 Å². The average Bonchev–Trinajstić information content (AvgIpc) is 2.45. The van der Waals surface area contributed by atoms with Crippen molar-refractivity contribution in [3.63, 3.8) is 0 Å². The molecule has 0 amide bonds. The predicted octanol–water partition coefficient (Wildman–Crippen LogP) is 2.52. The van der Waals surface area contributed by atoms with Gasteiger partial charge in [0.05, 0.1) is 13.7 Å². The summed E-state index contributed by atoms with van der Waals surface area (Å²) in [5.74, 6) is 0.798. The molecule has 0 spiro atoms. The SMILES string of the molecule is COc1ccc(N2CCCCC2)c(CN=C=O)c1. The smallest absolute Gasteiger partial charge is 0.235 e. The molecule has 0 unspecified atom stereocenters. The molecule has 18 heavy (non-hydrogen) atoms. The first-order chi connectivity index (χ1) is 8.85. The monoisotopic (exact) mass is 246 g/mol. The highest BCUT2D eigenvalue weighted by Crippen LogP contribution is 2.28. The van der Waals surface area contributed by atoms with Crippen molar-refractivity contribution in [1.82, 2.24) is 0 Å². The standard InChI is InChI=1S/C14H18N2O2/c1-18-13-5-6-14(12(9-13)10-15-11-17)16-7-3-2-4-8-16/h5-6,9H,2-4,7-8,10H2,1H3. The summed E-state index contributed by atoms with van der Waals surface area (Å²) in [5, 5.41) is 0. The van der Waals surface area contributed by atoms with E-state index in [9.17, 15) is 4.79 Å². The Kier molecular flexibility index (Phi) is 4.37. The van der Waals surface area contributed by atoms with E-state index in [2.05, 4.69) is 16.0 Å². The summed E-state index contributed by atoms with van der Waals surface area (Å²) in [6.45, 7) is 2.51. The Bertz CT molecular complexity index is 447. The predicted molar refractivity (Wildman–Crippen MR) is 70.9 cm³/mol. The van der Waals surface area contributed by atoms with Gasteiger partial charge < -0.3 is 9.64 Å². The van der Waals surface area contributed by atoms with E-state index in [0.29, 0.717) is 6.54 Å². The van der Waals surface area contributed by atoms with Gasteiger partial charge >= 0.3 is 0 Å². The van der Waals surface area contributed by atoms with Crippen LogP contribution in [0, 0.1) is 0 Å². The molecule has 1 saturated heterocycles. The quantitative estimate of drug-likeness (QED) is 0.605. The van der Waals surface area contributed by atoms with Crippen LogP contribution in [0.2, 0.25) is 0 Å². The molecular formula is C14H18N2O2. The zero-order chi connectivity index (χ0) is 12.8. The molecule has 0 N–H and O–H groups in total. The molecule has 1 aliphatic heterocycles. The number of isocyanates is 1. The van der Waals surface area contributed by atoms with Crippen LogP contribution in [0.3, 0.4) is 0 Å². The fraction of sp³-hybridized carbons (Fsp3) is 0.500. The zero-order valence-corrected chi connectivity index (χ0v) is 10.7. The molecule has 1 aromatic rings. The van der Waals surface area contributed by atoms with Gasteiger partial charge in [0.25, 0.3) is 0 Å². The summed E-state index contributed by atoms with van der Waals surface area (Å²) in [6, 6.07) is 5.96. The third kappa shape index (κ3) is 2.90. The summed E-state index contributed by atoms with van der Waals surface area (Å²) in [7, 11) is 1.64. The molecule has 4 heteroatoms. The van der Waals surface area contributed by atoms with Crippen LogP contribution in [0.5, 0.6) is 5.75 Å². The van der Waals surface area contributed by atoms with Gasteiger partial charge in [0, 0.05) is 24.3 Å². The summed E-state index contributed by atoms with van der Waals surface area (Å²) in [5.41, 5.74) is 2.19. The van der Waals surface area contributed by atoms with Crippen LogP contribution in [0.1, 0.15) is 24.8 Å². The Morgan fingerprint density at radius 1 is 1.33 bits per heavy atom. The van der Waals surface area contributed by atoms with Gasteiger partial charge in [0.2, 0.25) is 6.08 Å². The Labute approximate surface area is 107 Å². The molecule has 0 bridgehead atoms. The minimum atomic E-state index is 0.368. The minimum absolute atomic E-state index is 0.368. The van der Waals surface area contributed by atoms with E-state index in [1.54, 1.807) is 13.2 Å². The lowest BCUT2D eigenvalue weighted by Crippen LogP contribution is -2.30. The first-order valence-corrected chi connectivity index (χ1v) is 6.30. The number of ether oxygens (including phenoxy) is 1. The largest absolute Gasteiger partial charge is 0.497 e. The van der Waals surface area contributed by atoms with Crippen molar-refractivity contribution in [1.29, 1.82) is 0 Å². The van der Waals surface area contributed by atoms with Crippen molar-refractivity contribution in [2.24, 2.45) is 4.99 Å². The molecule has 1 heterocycles. The molecule has 96 valence electrons. The number of methoxy groups -OCH3 is 1. The van der Waals surface area contributed by atoms with Crippen molar-refractivity contribution in [3.05, 3.63) is 23.8 Å². The second-order valence-electron chi connectivity index (χ2n) is 4.45. The molecular weight excluding hydrogens is 228 g/mol. The van der Waals surface area contributed by atoms with Gasteiger partial charge in [-0.05, 0) is 37.5 Å². The number of anilines is 1. The number of rotatable bonds is 4. The first kappa shape index (κ1) is 12.7. The maximum Gasteiger partial charge on any atom is 0.235 e. The van der Waals surface area contributed by atoms with Gasteiger partial charge in [-0.3, -0.25) is 0 Å². The highest BCUT2D eigenvalue weighted by molar-refractivity contribution is 5.57. The van der Waals surface area contributed by atoms with Crippen LogP contribution >= 0.6 is 0 Å². The summed E-state index contributed by atoms with van der Waals surface area (Å²) in [6.07, 6.45) is 5.35. The Morgan fingerprint density at radius 2 is 2.11 bits per heavy atom. The molecule has 0 saturated carbocycles. The third-order valence-electron chi connectivity index (χ3n) is 3.30. The molecule has 1 aromatic carbocycles. The molecule has 1 fully saturated rings. The molecule has 0 atom stereocenters. The number of hydrogen-bond donors (Lipinski definition) is 0. The number of piperidine rings is 1. The van der Waals surface area contributed by atoms with Crippen molar-refractivity contribution < 1.29 is 9.53 Å². The zero-order valence-electron chi connectivity index (χ0n) is 10.7. The molecule has 1 aliphatic rings. The Balaban J connectivity index is 2.28. The maximum absolute atomic E-state index is 10.3. The second kappa shape index (κ2) is 6.22. The highest BCUT2D eigenvalue weighted by Gasteiger charge is 2.14. The molecule has 0 radical (unpaired) electrons. The fourth-order valence-electron chi connectivity index (χ4n) is 2.38. The highest BCUT2D eigenvalue weighted by atomic mass is 16.5. The molecule has 0 aromatic heterocycles. The van der Waals surface area contributed by atoms with E-state index in [4.69, 9.17) is 4.74 Å². The normalized spacial score (nSPS) is 15.1. The number of nitrogens with zero attached hydrogens (tertiary/aromatic N) is 2. The lowest BCUT2D eigenvalue weighted by Gasteiger charge is -2.30. The van der Waals surface area contributed by atoms with Crippen LogP contribution < -0.4 is 9.64 Å². The van der Waals surface area contributed by atoms with E-state index in [0.717, 1.165) is 30.1 Å². The van der Waals surface area contributed by atoms with E-state index >= 15 is 0 Å². The summed E-state index contributed by atoms with van der Waals surface area (Å²) in [4.78, 5) is 16.3. The molecule has 2 rings (SSSR count). The van der Waals surface area contributed by atoms with Gasteiger partial charge in [-0.15, -0.1) is 0 Å². The third-order valence-corrected chi connectivity index (χ3v) is 3.30. The van der Waals surface area contributed by atoms with E-state index in [1.807, 2.05) is 12.1 Å². The fourth-order valence-corrected chi connectivity index (χ4v) is 2.38. The van der Waals surface area contributed by atoms with Gasteiger partial charge in [-0.1, -0.05) is 0 Å². The maximum atomic E-state index is 10.3. The van der Waals surface area contributed by atoms with Gasteiger partial charge in [0.15, 0.2) is 0 Å². The van der Waals surface area contributed by atoms with Crippen LogP contribution in [-0.2, 0) is 11.3 Å². The summed E-state index contributed by atoms with van der Waals surface area (Å²) >= 11 is 0. The second-order valence-corrected chi connectivity index (χ2v) is 4.45. The average molecular weight is 246 g/mol. The van der Waals surface area contributed by atoms with Crippen LogP contribution in [0.4, 0.5) is 5.69 Å². The van der Waals surface area contributed by atoms with E-state index in [1.165, 1.54) is 19.3 Å². The number of aliphatic imine (C=N–C) groups is 1. The molecule has 0 aliphatic carbocycles. The van der Waals surface area contributed by atoms with Gasteiger partial charge in [0.1, 0.15) is 5.75 Å². The Hall–Kier alpha value is -1.80. The van der Waals surface area contributed by atoms with E-state index < -0.39 is 0 Å². The lowest BCUT2D eigenvalue weighted by molar-refractivity contribution is 0.414. The van der Waals surface area contributed by atoms with Crippen molar-refractivity contribution in [3.8, 4) is 5.75 Å². The topological polar surface area (TPSA) is 41.9 Å². The Morgan fingerprint density at radius 3 is 2.78 bits per heavy atom. The number of benzene rings is 1.